The second kappa shape index (κ2) is 6.82. The van der Waals surface area contributed by atoms with Crippen LogP contribution in [0.15, 0.2) is 85.1 Å². The van der Waals surface area contributed by atoms with E-state index in [-0.39, 0.29) is 5.82 Å². The van der Waals surface area contributed by atoms with Crippen molar-refractivity contribution >= 4 is 21.5 Å². The van der Waals surface area contributed by atoms with Crippen molar-refractivity contribution in [3.8, 4) is 22.4 Å². The second-order valence-corrected chi connectivity index (χ2v) is 7.61. The van der Waals surface area contributed by atoms with Gasteiger partial charge in [-0.05, 0) is 77.5 Å². The summed E-state index contributed by atoms with van der Waals surface area (Å²) >= 11 is 0. The Kier molecular flexibility index (Phi) is 4.13. The lowest BCUT2D eigenvalue weighted by Gasteiger charge is -2.14. The van der Waals surface area contributed by atoms with Gasteiger partial charge in [0.1, 0.15) is 5.82 Å². The van der Waals surface area contributed by atoms with Crippen LogP contribution in [-0.4, -0.2) is 4.98 Å². The van der Waals surface area contributed by atoms with Crippen molar-refractivity contribution in [1.82, 2.24) is 4.98 Å². The Hall–Kier alpha value is -3.52. The predicted octanol–water partition coefficient (Wildman–Crippen LogP) is 7.48. The molecular formula is C27H20FN. The van der Waals surface area contributed by atoms with Gasteiger partial charge in [0, 0.05) is 17.1 Å². The van der Waals surface area contributed by atoms with Gasteiger partial charge in [-0.3, -0.25) is 4.98 Å². The standard InChI is InChI=1S/C27H20FN/c1-17-12-18(2)14-21(13-17)27-26-20(10-11-29-27)15-24(19-6-4-3-5-7-19)25-16-22(28)8-9-23(25)26/h3-16H,1-2H3. The number of rotatable bonds is 2. The summed E-state index contributed by atoms with van der Waals surface area (Å²) in [5.41, 5.74) is 6.54. The van der Waals surface area contributed by atoms with Crippen molar-refractivity contribution in [2.45, 2.75) is 13.8 Å². The average Bonchev–Trinajstić information content (AvgIpc) is 2.72. The fourth-order valence-corrected chi connectivity index (χ4v) is 4.26. The lowest BCUT2D eigenvalue weighted by Crippen LogP contribution is -1.92. The second-order valence-electron chi connectivity index (χ2n) is 7.61. The Labute approximate surface area is 169 Å². The lowest BCUT2D eigenvalue weighted by atomic mass is 9.91. The van der Waals surface area contributed by atoms with Crippen molar-refractivity contribution in [2.75, 3.05) is 0 Å². The van der Waals surface area contributed by atoms with Crippen LogP contribution in [0.25, 0.3) is 43.9 Å². The molecule has 5 aromatic rings. The van der Waals surface area contributed by atoms with E-state index in [4.69, 9.17) is 4.98 Å². The number of aryl methyl sites for hydroxylation is 2. The molecule has 0 unspecified atom stereocenters. The zero-order valence-electron chi connectivity index (χ0n) is 16.4. The summed E-state index contributed by atoms with van der Waals surface area (Å²) in [7, 11) is 0. The molecule has 140 valence electrons. The van der Waals surface area contributed by atoms with Gasteiger partial charge in [-0.15, -0.1) is 0 Å². The number of aromatic nitrogens is 1. The number of hydrogen-bond donors (Lipinski definition) is 0. The molecule has 0 radical (unpaired) electrons. The van der Waals surface area contributed by atoms with Gasteiger partial charge in [-0.25, -0.2) is 4.39 Å². The Morgan fingerprint density at radius 1 is 0.690 bits per heavy atom. The maximum atomic E-state index is 14.2. The first-order chi connectivity index (χ1) is 14.1. The summed E-state index contributed by atoms with van der Waals surface area (Å²) in [6.07, 6.45) is 1.86. The van der Waals surface area contributed by atoms with Crippen LogP contribution in [0.2, 0.25) is 0 Å². The first-order valence-electron chi connectivity index (χ1n) is 9.75. The Balaban J connectivity index is 1.92. The molecule has 5 rings (SSSR count). The summed E-state index contributed by atoms with van der Waals surface area (Å²) in [5.74, 6) is -0.231. The van der Waals surface area contributed by atoms with Crippen LogP contribution in [0.5, 0.6) is 0 Å². The fourth-order valence-electron chi connectivity index (χ4n) is 4.26. The normalized spacial score (nSPS) is 11.3. The SMILES string of the molecule is Cc1cc(C)cc(-c2nccc3cc(-c4ccccc4)c4cc(F)ccc4c23)c1. The molecule has 0 amide bonds. The highest BCUT2D eigenvalue weighted by molar-refractivity contribution is 6.17. The smallest absolute Gasteiger partial charge is 0.123 e. The van der Waals surface area contributed by atoms with Crippen molar-refractivity contribution in [3.05, 3.63) is 102 Å². The van der Waals surface area contributed by atoms with Gasteiger partial charge in [0.2, 0.25) is 0 Å². The quantitative estimate of drug-likeness (QED) is 0.291. The maximum Gasteiger partial charge on any atom is 0.123 e. The number of benzene rings is 4. The molecule has 0 aliphatic carbocycles. The largest absolute Gasteiger partial charge is 0.256 e. The highest BCUT2D eigenvalue weighted by atomic mass is 19.1. The average molecular weight is 377 g/mol. The molecule has 1 nitrogen and oxygen atoms in total. The van der Waals surface area contributed by atoms with E-state index >= 15 is 0 Å². The number of fused-ring (bicyclic) bond motifs is 3. The van der Waals surface area contributed by atoms with Crippen LogP contribution >= 0.6 is 0 Å². The van der Waals surface area contributed by atoms with Crippen LogP contribution in [0, 0.1) is 19.7 Å². The molecule has 0 saturated carbocycles. The highest BCUT2D eigenvalue weighted by Gasteiger charge is 2.14. The molecule has 29 heavy (non-hydrogen) atoms. The van der Waals surface area contributed by atoms with E-state index in [1.54, 1.807) is 6.07 Å². The van der Waals surface area contributed by atoms with Crippen molar-refractivity contribution in [3.63, 3.8) is 0 Å². The minimum Gasteiger partial charge on any atom is -0.256 e. The molecule has 0 atom stereocenters. The van der Waals surface area contributed by atoms with Crippen LogP contribution in [0.3, 0.4) is 0 Å². The Bertz CT molecular complexity index is 1350. The topological polar surface area (TPSA) is 12.9 Å². The monoisotopic (exact) mass is 377 g/mol. The van der Waals surface area contributed by atoms with Crippen molar-refractivity contribution < 1.29 is 4.39 Å². The van der Waals surface area contributed by atoms with E-state index in [0.29, 0.717) is 0 Å². The van der Waals surface area contributed by atoms with E-state index < -0.39 is 0 Å². The van der Waals surface area contributed by atoms with Crippen LogP contribution in [0.4, 0.5) is 4.39 Å². The number of pyridine rings is 1. The molecule has 2 heteroatoms. The molecule has 0 aliphatic rings. The summed E-state index contributed by atoms with van der Waals surface area (Å²) in [5, 5.41) is 4.09. The molecular weight excluding hydrogens is 357 g/mol. The molecule has 0 saturated heterocycles. The van der Waals surface area contributed by atoms with E-state index in [1.807, 2.05) is 36.5 Å². The molecule has 1 heterocycles. The Morgan fingerprint density at radius 3 is 2.21 bits per heavy atom. The lowest BCUT2D eigenvalue weighted by molar-refractivity contribution is 0.630. The predicted molar refractivity (Wildman–Crippen MR) is 120 cm³/mol. The van der Waals surface area contributed by atoms with E-state index in [1.165, 1.54) is 17.2 Å². The highest BCUT2D eigenvalue weighted by Crippen LogP contribution is 2.39. The van der Waals surface area contributed by atoms with Crippen LogP contribution < -0.4 is 0 Å². The van der Waals surface area contributed by atoms with E-state index in [0.717, 1.165) is 43.9 Å². The molecule has 0 N–H and O–H groups in total. The van der Waals surface area contributed by atoms with Crippen LogP contribution in [-0.2, 0) is 0 Å². The third-order valence-electron chi connectivity index (χ3n) is 5.40. The number of hydrogen-bond acceptors (Lipinski definition) is 1. The number of halogens is 1. The van der Waals surface area contributed by atoms with Gasteiger partial charge in [-0.1, -0.05) is 53.6 Å². The van der Waals surface area contributed by atoms with Crippen LogP contribution in [0.1, 0.15) is 11.1 Å². The third kappa shape index (κ3) is 3.07. The van der Waals surface area contributed by atoms with Gasteiger partial charge in [0.05, 0.1) is 5.69 Å². The van der Waals surface area contributed by atoms with E-state index in [9.17, 15) is 4.39 Å². The van der Waals surface area contributed by atoms with Gasteiger partial charge in [-0.2, -0.15) is 0 Å². The third-order valence-corrected chi connectivity index (χ3v) is 5.40. The molecule has 4 aromatic carbocycles. The van der Waals surface area contributed by atoms with Gasteiger partial charge in [0.15, 0.2) is 0 Å². The molecule has 0 aliphatic heterocycles. The minimum atomic E-state index is -0.231. The zero-order valence-corrected chi connectivity index (χ0v) is 16.4. The van der Waals surface area contributed by atoms with Gasteiger partial charge < -0.3 is 0 Å². The van der Waals surface area contributed by atoms with E-state index in [2.05, 4.69) is 50.2 Å². The summed E-state index contributed by atoms with van der Waals surface area (Å²) in [4.78, 5) is 4.74. The van der Waals surface area contributed by atoms with Crippen molar-refractivity contribution in [1.29, 1.82) is 0 Å². The molecule has 0 spiro atoms. The summed E-state index contributed by atoms with van der Waals surface area (Å²) in [6.45, 7) is 4.20. The minimum absolute atomic E-state index is 0.231. The number of nitrogens with zero attached hydrogens (tertiary/aromatic N) is 1. The van der Waals surface area contributed by atoms with Gasteiger partial charge in [0.25, 0.3) is 0 Å². The Morgan fingerprint density at radius 2 is 1.45 bits per heavy atom. The van der Waals surface area contributed by atoms with Crippen molar-refractivity contribution in [2.24, 2.45) is 0 Å². The molecule has 1 aromatic heterocycles. The summed E-state index contributed by atoms with van der Waals surface area (Å²) in [6, 6.07) is 25.9. The zero-order chi connectivity index (χ0) is 20.0. The van der Waals surface area contributed by atoms with Gasteiger partial charge >= 0.3 is 0 Å². The molecule has 0 bridgehead atoms. The fraction of sp³-hybridized carbons (Fsp3) is 0.0741. The molecule has 0 fully saturated rings. The first-order valence-corrected chi connectivity index (χ1v) is 9.75. The summed E-state index contributed by atoms with van der Waals surface area (Å²) < 4.78 is 14.2. The first kappa shape index (κ1) is 17.6. The maximum absolute atomic E-state index is 14.2.